The second-order valence-corrected chi connectivity index (χ2v) is 9.16. The van der Waals surface area contributed by atoms with Crippen LogP contribution in [0.4, 0.5) is 0 Å². The molecule has 0 bridgehead atoms. The molecule has 138 valence electrons. The van der Waals surface area contributed by atoms with Crippen molar-refractivity contribution in [1.29, 1.82) is 0 Å². The minimum absolute atomic E-state index is 0.111. The van der Waals surface area contributed by atoms with Gasteiger partial charge in [0.25, 0.3) is 0 Å². The Labute approximate surface area is 141 Å². The summed E-state index contributed by atoms with van der Waals surface area (Å²) < 4.78 is 18.7. The summed E-state index contributed by atoms with van der Waals surface area (Å²) in [6.07, 6.45) is 0.411. The van der Waals surface area contributed by atoms with Crippen LogP contribution in [-0.2, 0) is 19.8 Å². The van der Waals surface area contributed by atoms with Crippen LogP contribution in [-0.4, -0.2) is 43.2 Å². The van der Waals surface area contributed by atoms with E-state index >= 15 is 0 Å². The maximum atomic E-state index is 11.8. The number of H-pyrrole nitrogens is 2. The van der Waals surface area contributed by atoms with Gasteiger partial charge in [-0.15, -0.1) is 0 Å². The van der Waals surface area contributed by atoms with E-state index in [9.17, 15) is 14.4 Å². The molecule has 0 fully saturated rings. The third kappa shape index (κ3) is 4.53. The predicted octanol–water partition coefficient (Wildman–Crippen LogP) is 0.444. The lowest BCUT2D eigenvalue weighted by molar-refractivity contribution is 0.0456. The van der Waals surface area contributed by atoms with Gasteiger partial charge in [-0.3, -0.25) is 9.97 Å². The van der Waals surface area contributed by atoms with Gasteiger partial charge in [-0.2, -0.15) is 0 Å². The molecule has 24 heavy (non-hydrogen) atoms. The van der Waals surface area contributed by atoms with E-state index in [0.717, 1.165) is 4.57 Å². The minimum atomic E-state index is -3.02. The van der Waals surface area contributed by atoms with E-state index in [0.29, 0.717) is 26.2 Å². The highest BCUT2D eigenvalue weighted by atomic mass is 28.4. The van der Waals surface area contributed by atoms with Gasteiger partial charge in [-0.1, -0.05) is 13.8 Å². The molecule has 0 atom stereocenters. The lowest BCUT2D eigenvalue weighted by Crippen LogP contribution is -2.55. The van der Waals surface area contributed by atoms with Crippen molar-refractivity contribution in [3.63, 3.8) is 0 Å². The topological polar surface area (TPSA) is 115 Å². The third-order valence-electron chi connectivity index (χ3n) is 3.72. The molecule has 0 aliphatic rings. The molecule has 10 heteroatoms. The highest BCUT2D eigenvalue weighted by Gasteiger charge is 2.55. The number of hydrogen-bond donors (Lipinski definition) is 2. The van der Waals surface area contributed by atoms with Crippen LogP contribution in [0.1, 0.15) is 41.0 Å². The van der Waals surface area contributed by atoms with Crippen LogP contribution in [0.5, 0.6) is 0 Å². The second-order valence-electron chi connectivity index (χ2n) is 5.83. The fourth-order valence-corrected chi connectivity index (χ4v) is 5.46. The summed E-state index contributed by atoms with van der Waals surface area (Å²) in [5.74, 6) is 0. The van der Waals surface area contributed by atoms with Gasteiger partial charge < -0.3 is 13.3 Å². The summed E-state index contributed by atoms with van der Waals surface area (Å²) in [7, 11) is -3.02. The molecule has 0 saturated heterocycles. The molecule has 2 N–H and O–H groups in total. The van der Waals surface area contributed by atoms with Crippen molar-refractivity contribution in [3.05, 3.63) is 31.5 Å². The molecule has 9 nitrogen and oxygen atoms in total. The molecular formula is C14H27N3O6Si. The molecule has 0 aliphatic carbocycles. The first-order valence-corrected chi connectivity index (χ1v) is 9.80. The highest BCUT2D eigenvalue weighted by Crippen LogP contribution is 2.42. The molecule has 0 aromatic carbocycles. The van der Waals surface area contributed by atoms with Crippen molar-refractivity contribution < 1.29 is 13.3 Å². The van der Waals surface area contributed by atoms with E-state index in [-0.39, 0.29) is 6.54 Å². The average molecular weight is 361 g/mol. The van der Waals surface area contributed by atoms with Crippen LogP contribution in [0.15, 0.2) is 14.4 Å². The number of aromatic nitrogens is 3. The average Bonchev–Trinajstić information content (AvgIpc) is 2.46. The minimum Gasteiger partial charge on any atom is -0.373 e. The normalized spacial score (nSPS) is 12.5. The van der Waals surface area contributed by atoms with Gasteiger partial charge in [-0.05, 0) is 27.2 Å². The summed E-state index contributed by atoms with van der Waals surface area (Å²) >= 11 is 0. The molecule has 0 unspecified atom stereocenters. The summed E-state index contributed by atoms with van der Waals surface area (Å²) in [4.78, 5) is 38.8. The highest BCUT2D eigenvalue weighted by molar-refractivity contribution is 6.64. The van der Waals surface area contributed by atoms with Gasteiger partial charge in [0.2, 0.25) is 0 Å². The fraction of sp³-hybridized carbons (Fsp3) is 0.786. The zero-order chi connectivity index (χ0) is 18.4. The van der Waals surface area contributed by atoms with E-state index in [1.807, 2.05) is 44.6 Å². The SMILES string of the molecule is CCO[Si](OCC)(OCC)C(C)(C)CCn1c(=O)[nH]c(=O)[nH]c1=O. The summed E-state index contributed by atoms with van der Waals surface area (Å²) in [6, 6.07) is 0. The quantitative estimate of drug-likeness (QED) is 0.584. The van der Waals surface area contributed by atoms with Gasteiger partial charge in [-0.25, -0.2) is 19.0 Å². The number of nitrogens with one attached hydrogen (secondary N) is 2. The molecule has 1 rings (SSSR count). The molecule has 0 radical (unpaired) electrons. The van der Waals surface area contributed by atoms with Gasteiger partial charge in [0.15, 0.2) is 0 Å². The summed E-state index contributed by atoms with van der Waals surface area (Å²) in [5, 5.41) is -0.531. The molecule has 1 aromatic heterocycles. The summed E-state index contributed by atoms with van der Waals surface area (Å²) in [5.41, 5.74) is -2.30. The Morgan fingerprint density at radius 3 is 1.71 bits per heavy atom. The number of hydrogen-bond acceptors (Lipinski definition) is 6. The van der Waals surface area contributed by atoms with Crippen LogP contribution >= 0.6 is 0 Å². The zero-order valence-corrected chi connectivity index (χ0v) is 15.9. The van der Waals surface area contributed by atoms with Crippen molar-refractivity contribution in [1.82, 2.24) is 14.5 Å². The lowest BCUT2D eigenvalue weighted by Gasteiger charge is -2.40. The maximum absolute atomic E-state index is 11.8. The Kier molecular flexibility index (Phi) is 7.33. The lowest BCUT2D eigenvalue weighted by atomic mass is 10.1. The second kappa shape index (κ2) is 8.56. The Morgan fingerprint density at radius 2 is 1.33 bits per heavy atom. The van der Waals surface area contributed by atoms with Crippen molar-refractivity contribution in [2.75, 3.05) is 19.8 Å². The molecule has 1 heterocycles. The first-order chi connectivity index (χ1) is 11.2. The smallest absolute Gasteiger partial charge is 0.373 e. The van der Waals surface area contributed by atoms with Crippen molar-refractivity contribution in [2.24, 2.45) is 0 Å². The van der Waals surface area contributed by atoms with E-state index in [1.54, 1.807) is 0 Å². The van der Waals surface area contributed by atoms with Gasteiger partial charge in [0.1, 0.15) is 0 Å². The van der Waals surface area contributed by atoms with E-state index in [1.165, 1.54) is 0 Å². The van der Waals surface area contributed by atoms with Crippen LogP contribution in [0.3, 0.4) is 0 Å². The number of rotatable bonds is 10. The Morgan fingerprint density at radius 1 is 0.917 bits per heavy atom. The van der Waals surface area contributed by atoms with Gasteiger partial charge in [0, 0.05) is 31.4 Å². The Bertz CT molecular complexity index is 641. The van der Waals surface area contributed by atoms with Gasteiger partial charge >= 0.3 is 25.9 Å². The third-order valence-corrected chi connectivity index (χ3v) is 7.64. The molecule has 0 aliphatic heterocycles. The summed E-state index contributed by atoms with van der Waals surface area (Å²) in [6.45, 7) is 10.9. The number of aromatic amines is 2. The Balaban J connectivity index is 3.11. The van der Waals surface area contributed by atoms with Crippen molar-refractivity contribution in [3.8, 4) is 0 Å². The zero-order valence-electron chi connectivity index (χ0n) is 14.9. The first-order valence-electron chi connectivity index (χ1n) is 8.08. The molecular weight excluding hydrogens is 334 g/mol. The van der Waals surface area contributed by atoms with Gasteiger partial charge in [0.05, 0.1) is 0 Å². The van der Waals surface area contributed by atoms with E-state index < -0.39 is 30.9 Å². The maximum Gasteiger partial charge on any atom is 0.506 e. The first kappa shape index (κ1) is 20.6. The van der Waals surface area contributed by atoms with E-state index in [2.05, 4.69) is 0 Å². The van der Waals surface area contributed by atoms with E-state index in [4.69, 9.17) is 13.3 Å². The largest absolute Gasteiger partial charge is 0.506 e. The van der Waals surface area contributed by atoms with Crippen LogP contribution in [0.2, 0.25) is 5.04 Å². The monoisotopic (exact) mass is 361 g/mol. The van der Waals surface area contributed by atoms with Crippen LogP contribution < -0.4 is 17.1 Å². The number of nitrogens with zero attached hydrogens (tertiary/aromatic N) is 1. The van der Waals surface area contributed by atoms with Crippen LogP contribution in [0, 0.1) is 0 Å². The molecule has 0 saturated carbocycles. The molecule has 1 aromatic rings. The van der Waals surface area contributed by atoms with Crippen molar-refractivity contribution in [2.45, 2.75) is 52.6 Å². The molecule has 0 spiro atoms. The van der Waals surface area contributed by atoms with Crippen LogP contribution in [0.25, 0.3) is 0 Å². The standard InChI is InChI=1S/C14H27N3O6Si/c1-6-21-24(22-7-2,23-8-3)14(4,5)9-10-17-12(19)15-11(18)16-13(17)20/h6-10H2,1-5H3,(H2,15,16,18,19,20). The molecule has 0 amide bonds. The fourth-order valence-electron chi connectivity index (χ4n) is 2.48. The predicted molar refractivity (Wildman–Crippen MR) is 91.2 cm³/mol. The Hall–Kier alpha value is -1.49. The van der Waals surface area contributed by atoms with Crippen molar-refractivity contribution >= 4 is 8.80 Å².